The zero-order chi connectivity index (χ0) is 34.0. The van der Waals surface area contributed by atoms with Crippen LogP contribution in [0.4, 0.5) is 28.4 Å². The first-order valence-electron chi connectivity index (χ1n) is 17.9. The van der Waals surface area contributed by atoms with E-state index in [0.717, 1.165) is 24.2 Å². The molecule has 50 heavy (non-hydrogen) atoms. The van der Waals surface area contributed by atoms with Crippen molar-refractivity contribution < 1.29 is 0 Å². The molecular weight excluding hydrogens is 605 g/mol. The van der Waals surface area contributed by atoms with Crippen LogP contribution in [-0.2, 0) is 10.8 Å². The van der Waals surface area contributed by atoms with Gasteiger partial charge in [0.05, 0.1) is 0 Å². The maximum Gasteiger partial charge on any atom is 0.0465 e. The Kier molecular flexibility index (Phi) is 7.00. The fourth-order valence-corrected chi connectivity index (χ4v) is 8.61. The molecule has 0 fully saturated rings. The quantitative estimate of drug-likeness (QED) is 0.178. The van der Waals surface area contributed by atoms with Gasteiger partial charge in [0, 0.05) is 45.0 Å². The highest BCUT2D eigenvalue weighted by Crippen LogP contribution is 2.57. The predicted molar refractivity (Wildman–Crippen MR) is 211 cm³/mol. The van der Waals surface area contributed by atoms with Crippen molar-refractivity contribution in [2.45, 2.75) is 51.4 Å². The van der Waals surface area contributed by atoms with E-state index in [1.165, 1.54) is 67.3 Å². The average Bonchev–Trinajstić information content (AvgIpc) is 3.51. The van der Waals surface area contributed by atoms with Crippen molar-refractivity contribution in [3.8, 4) is 22.3 Å². The van der Waals surface area contributed by atoms with Crippen LogP contribution in [0.3, 0.4) is 0 Å². The zero-order valence-corrected chi connectivity index (χ0v) is 29.3. The molecule has 244 valence electrons. The second-order valence-electron chi connectivity index (χ2n) is 14.9. The number of anilines is 5. The van der Waals surface area contributed by atoms with E-state index in [-0.39, 0.29) is 10.8 Å². The molecule has 0 aliphatic heterocycles. The number of benzene rings is 6. The number of nitrogens with zero attached hydrogens (tertiary/aromatic N) is 2. The van der Waals surface area contributed by atoms with Crippen LogP contribution in [0.5, 0.6) is 0 Å². The van der Waals surface area contributed by atoms with E-state index in [1.807, 2.05) is 0 Å². The van der Waals surface area contributed by atoms with Crippen molar-refractivity contribution in [3.63, 3.8) is 0 Å². The van der Waals surface area contributed by atoms with Crippen molar-refractivity contribution in [1.29, 1.82) is 0 Å². The Labute approximate surface area is 296 Å². The summed E-state index contributed by atoms with van der Waals surface area (Å²) in [6, 6.07) is 51.5. The molecule has 0 amide bonds. The number of hydrogen-bond acceptors (Lipinski definition) is 2. The largest absolute Gasteiger partial charge is 0.311 e. The van der Waals surface area contributed by atoms with E-state index in [2.05, 4.69) is 195 Å². The molecule has 2 nitrogen and oxygen atoms in total. The zero-order valence-electron chi connectivity index (χ0n) is 29.3. The topological polar surface area (TPSA) is 6.48 Å². The fraction of sp³-hybridized carbons (Fsp3) is 0.167. The summed E-state index contributed by atoms with van der Waals surface area (Å²) in [5.41, 5.74) is 17.9. The van der Waals surface area contributed by atoms with Crippen LogP contribution in [-0.4, -0.2) is 0 Å². The molecule has 0 unspecified atom stereocenters. The molecule has 2 heteroatoms. The minimum atomic E-state index is -0.147. The van der Waals surface area contributed by atoms with Gasteiger partial charge in [0.1, 0.15) is 0 Å². The fourth-order valence-electron chi connectivity index (χ4n) is 8.61. The Hall–Kier alpha value is -5.60. The smallest absolute Gasteiger partial charge is 0.0465 e. The molecule has 3 aliphatic carbocycles. The van der Waals surface area contributed by atoms with E-state index in [4.69, 9.17) is 0 Å². The van der Waals surface area contributed by atoms with E-state index >= 15 is 0 Å². The van der Waals surface area contributed by atoms with E-state index in [9.17, 15) is 0 Å². The van der Waals surface area contributed by atoms with Gasteiger partial charge >= 0.3 is 0 Å². The van der Waals surface area contributed by atoms with Crippen molar-refractivity contribution in [2.24, 2.45) is 0 Å². The summed E-state index contributed by atoms with van der Waals surface area (Å²) in [5, 5.41) is 0. The second kappa shape index (κ2) is 11.5. The summed E-state index contributed by atoms with van der Waals surface area (Å²) in [4.78, 5) is 4.79. The summed E-state index contributed by atoms with van der Waals surface area (Å²) < 4.78 is 0. The predicted octanol–water partition coefficient (Wildman–Crippen LogP) is 13.1. The van der Waals surface area contributed by atoms with Crippen LogP contribution in [0.25, 0.3) is 22.3 Å². The summed E-state index contributed by atoms with van der Waals surface area (Å²) in [5.74, 6) is 0. The monoisotopic (exact) mass is 646 g/mol. The Bertz CT molecular complexity index is 2270. The third-order valence-electron chi connectivity index (χ3n) is 11.2. The molecule has 0 atom stereocenters. The summed E-state index contributed by atoms with van der Waals surface area (Å²) >= 11 is 0. The maximum absolute atomic E-state index is 2.52. The third kappa shape index (κ3) is 4.70. The lowest BCUT2D eigenvalue weighted by Crippen LogP contribution is -2.19. The van der Waals surface area contributed by atoms with Gasteiger partial charge in [0.2, 0.25) is 0 Å². The molecule has 0 spiro atoms. The average molecular weight is 647 g/mol. The molecule has 9 rings (SSSR count). The minimum Gasteiger partial charge on any atom is -0.311 e. The number of rotatable bonds is 6. The van der Waals surface area contributed by atoms with Crippen molar-refractivity contribution in [3.05, 3.63) is 186 Å². The number of fused-ring (bicyclic) bond motifs is 6. The molecule has 0 saturated carbocycles. The standard InChI is InChI=1S/C48H42N2/c1-47(2)43-29-37(49(33-17-9-5-10-18-33)34-19-11-6-12-20-34)25-27-39(43)41-32-46-42(31-45(41)47)40-28-26-38(30-44(40)48(46,3)4)50(35-21-13-7-14-22-35)36-23-15-8-16-24-36/h5-7,9-15,17-32H,8,16H2,1-4H3. The molecule has 3 aliphatic rings. The first-order chi connectivity index (χ1) is 24.3. The Morgan fingerprint density at radius 3 is 1.26 bits per heavy atom. The van der Waals surface area contributed by atoms with Gasteiger partial charge < -0.3 is 9.80 Å². The van der Waals surface area contributed by atoms with Gasteiger partial charge in [0.25, 0.3) is 0 Å². The highest BCUT2D eigenvalue weighted by molar-refractivity contribution is 5.92. The van der Waals surface area contributed by atoms with Gasteiger partial charge in [0.15, 0.2) is 0 Å². The van der Waals surface area contributed by atoms with Crippen LogP contribution in [0.2, 0.25) is 0 Å². The van der Waals surface area contributed by atoms with Gasteiger partial charge in [-0.1, -0.05) is 107 Å². The van der Waals surface area contributed by atoms with Gasteiger partial charge in [-0.3, -0.25) is 0 Å². The second-order valence-corrected chi connectivity index (χ2v) is 14.9. The maximum atomic E-state index is 2.52. The molecular formula is C48H42N2. The lowest BCUT2D eigenvalue weighted by molar-refractivity contribution is 0.652. The highest BCUT2D eigenvalue weighted by atomic mass is 15.1. The molecule has 6 aromatic carbocycles. The summed E-state index contributed by atoms with van der Waals surface area (Å²) in [6.45, 7) is 9.61. The number of allylic oxidation sites excluding steroid dienone is 3. The van der Waals surface area contributed by atoms with Crippen LogP contribution in [0.1, 0.15) is 62.8 Å². The molecule has 0 heterocycles. The molecule has 0 bridgehead atoms. The SMILES string of the molecule is CC1(C)c2cc(N(C3=CCCC=C3)c3ccccc3)ccc2-c2cc3c(cc21)-c1ccc(N(c2ccccc2)c2ccccc2)cc1C3(C)C. The van der Waals surface area contributed by atoms with Crippen LogP contribution >= 0.6 is 0 Å². The first-order valence-corrected chi connectivity index (χ1v) is 17.9. The van der Waals surface area contributed by atoms with Crippen LogP contribution in [0, 0.1) is 0 Å². The number of para-hydroxylation sites is 3. The van der Waals surface area contributed by atoms with Crippen LogP contribution in [0.15, 0.2) is 163 Å². The van der Waals surface area contributed by atoms with E-state index in [1.54, 1.807) is 0 Å². The molecule has 6 aromatic rings. The van der Waals surface area contributed by atoms with Gasteiger partial charge in [-0.05, 0) is 136 Å². The Balaban J connectivity index is 1.14. The molecule has 0 radical (unpaired) electrons. The molecule has 0 aromatic heterocycles. The van der Waals surface area contributed by atoms with Crippen LogP contribution < -0.4 is 9.80 Å². The lowest BCUT2D eigenvalue weighted by atomic mass is 9.79. The van der Waals surface area contributed by atoms with Gasteiger partial charge in [-0.2, -0.15) is 0 Å². The minimum absolute atomic E-state index is 0.140. The van der Waals surface area contributed by atoms with Gasteiger partial charge in [-0.25, -0.2) is 0 Å². The number of hydrogen-bond donors (Lipinski definition) is 0. The third-order valence-corrected chi connectivity index (χ3v) is 11.2. The van der Waals surface area contributed by atoms with E-state index in [0.29, 0.717) is 0 Å². The van der Waals surface area contributed by atoms with Gasteiger partial charge in [-0.15, -0.1) is 0 Å². The Morgan fingerprint density at radius 2 is 0.820 bits per heavy atom. The first kappa shape index (κ1) is 30.5. The van der Waals surface area contributed by atoms with Crippen molar-refractivity contribution in [1.82, 2.24) is 0 Å². The lowest BCUT2D eigenvalue weighted by Gasteiger charge is -2.29. The Morgan fingerprint density at radius 1 is 0.400 bits per heavy atom. The van der Waals surface area contributed by atoms with Crippen molar-refractivity contribution in [2.75, 3.05) is 9.80 Å². The normalized spacial score (nSPS) is 15.8. The summed E-state index contributed by atoms with van der Waals surface area (Å²) in [6.07, 6.45) is 9.11. The summed E-state index contributed by atoms with van der Waals surface area (Å²) in [7, 11) is 0. The molecule has 0 saturated heterocycles. The molecule has 0 N–H and O–H groups in total. The highest BCUT2D eigenvalue weighted by Gasteiger charge is 2.42. The van der Waals surface area contributed by atoms with Crippen molar-refractivity contribution >= 4 is 28.4 Å². The van der Waals surface area contributed by atoms with E-state index < -0.39 is 0 Å².